The topological polar surface area (TPSA) is 37.3 Å². The van der Waals surface area contributed by atoms with E-state index in [1.807, 2.05) is 33.8 Å². The number of hydrogen-bond donors (Lipinski definition) is 1. The van der Waals surface area contributed by atoms with Gasteiger partial charge in [-0.3, -0.25) is 4.79 Å². The summed E-state index contributed by atoms with van der Waals surface area (Å²) in [6.45, 7) is 9.78. The molecule has 1 unspecified atom stereocenters. The van der Waals surface area contributed by atoms with Crippen molar-refractivity contribution in [1.29, 1.82) is 0 Å². The second-order valence-electron chi connectivity index (χ2n) is 6.16. The molecule has 0 aromatic rings. The van der Waals surface area contributed by atoms with Crippen molar-refractivity contribution in [2.24, 2.45) is 5.92 Å². The molecule has 1 atom stereocenters. The predicted octanol–water partition coefficient (Wildman–Crippen LogP) is 4.44. The third-order valence-corrected chi connectivity index (χ3v) is 3.14. The average Bonchev–Trinajstić information content (AvgIpc) is 2.26. The molecule has 0 radical (unpaired) electrons. The van der Waals surface area contributed by atoms with Gasteiger partial charge in [-0.15, -0.1) is 0 Å². The third kappa shape index (κ3) is 11.9. The normalized spacial score (nSPS) is 14.9. The van der Waals surface area contributed by atoms with Gasteiger partial charge in [-0.1, -0.05) is 38.8 Å². The Hall–Kier alpha value is -0.890. The number of carbonyl (C=O) groups excluding carboxylic acids is 1. The smallest absolute Gasteiger partial charge is 0.155 e. The fourth-order valence-electron chi connectivity index (χ4n) is 1.89. The molecule has 2 heteroatoms. The summed E-state index contributed by atoms with van der Waals surface area (Å²) in [6, 6.07) is 0. The van der Waals surface area contributed by atoms with Crippen LogP contribution < -0.4 is 0 Å². The zero-order chi connectivity index (χ0) is 14.9. The van der Waals surface area contributed by atoms with Crippen molar-refractivity contribution >= 4 is 5.78 Å². The van der Waals surface area contributed by atoms with Gasteiger partial charge in [0.05, 0.1) is 5.60 Å². The zero-order valence-corrected chi connectivity index (χ0v) is 13.2. The lowest BCUT2D eigenvalue weighted by Crippen LogP contribution is -2.18. The van der Waals surface area contributed by atoms with Gasteiger partial charge in [-0.25, -0.2) is 0 Å². The Morgan fingerprint density at radius 1 is 1.37 bits per heavy atom. The maximum atomic E-state index is 11.2. The highest BCUT2D eigenvalue weighted by atomic mass is 16.3. The Labute approximate surface area is 118 Å². The lowest BCUT2D eigenvalue weighted by molar-refractivity contribution is -0.114. The first kappa shape index (κ1) is 18.1. The second kappa shape index (κ2) is 9.08. The summed E-state index contributed by atoms with van der Waals surface area (Å²) in [7, 11) is 0. The van der Waals surface area contributed by atoms with Crippen molar-refractivity contribution in [3.05, 3.63) is 23.8 Å². The van der Waals surface area contributed by atoms with Gasteiger partial charge >= 0.3 is 0 Å². The molecular weight excluding hydrogens is 236 g/mol. The Morgan fingerprint density at radius 3 is 2.53 bits per heavy atom. The van der Waals surface area contributed by atoms with E-state index in [0.717, 1.165) is 31.3 Å². The van der Waals surface area contributed by atoms with Gasteiger partial charge in [0.15, 0.2) is 5.78 Å². The Balaban J connectivity index is 3.93. The van der Waals surface area contributed by atoms with Gasteiger partial charge in [0.2, 0.25) is 0 Å². The molecule has 0 rings (SSSR count). The monoisotopic (exact) mass is 266 g/mol. The van der Waals surface area contributed by atoms with Crippen LogP contribution in [0.4, 0.5) is 0 Å². The molecule has 0 bridgehead atoms. The lowest BCUT2D eigenvalue weighted by atomic mass is 9.95. The number of hydrogen-bond acceptors (Lipinski definition) is 2. The van der Waals surface area contributed by atoms with E-state index in [9.17, 15) is 9.90 Å². The lowest BCUT2D eigenvalue weighted by Gasteiger charge is -2.17. The molecule has 0 fully saturated rings. The number of allylic oxidation sites excluding steroid dienone is 4. The highest BCUT2D eigenvalue weighted by molar-refractivity contribution is 5.90. The minimum atomic E-state index is -0.546. The standard InChI is InChI=1S/C17H30O2/c1-6-16(18)13-15(3)10-7-9-14(2)11-8-12-17(4,5)19/h7,10,13-14,19H,6,8-9,11-12H2,1-5H3/b10-7+,15-13+. The van der Waals surface area contributed by atoms with Gasteiger partial charge in [-0.05, 0) is 51.2 Å². The summed E-state index contributed by atoms with van der Waals surface area (Å²) in [5, 5.41) is 9.63. The summed E-state index contributed by atoms with van der Waals surface area (Å²) in [6.07, 6.45) is 10.5. The van der Waals surface area contributed by atoms with Crippen LogP contribution >= 0.6 is 0 Å². The van der Waals surface area contributed by atoms with Crippen LogP contribution in [-0.2, 0) is 4.79 Å². The van der Waals surface area contributed by atoms with Crippen molar-refractivity contribution in [3.63, 3.8) is 0 Å². The first-order valence-corrected chi connectivity index (χ1v) is 7.34. The van der Waals surface area contributed by atoms with Crippen molar-refractivity contribution < 1.29 is 9.90 Å². The van der Waals surface area contributed by atoms with Crippen LogP contribution in [-0.4, -0.2) is 16.5 Å². The molecule has 0 aliphatic carbocycles. The van der Waals surface area contributed by atoms with E-state index in [1.54, 1.807) is 6.08 Å². The van der Waals surface area contributed by atoms with Gasteiger partial charge in [0.1, 0.15) is 0 Å². The minimum Gasteiger partial charge on any atom is -0.390 e. The van der Waals surface area contributed by atoms with Crippen LogP contribution in [0.25, 0.3) is 0 Å². The van der Waals surface area contributed by atoms with Crippen LogP contribution in [0.5, 0.6) is 0 Å². The van der Waals surface area contributed by atoms with Crippen molar-refractivity contribution in [1.82, 2.24) is 0 Å². The average molecular weight is 266 g/mol. The van der Waals surface area contributed by atoms with Gasteiger partial charge in [0, 0.05) is 6.42 Å². The molecule has 0 saturated heterocycles. The SMILES string of the molecule is CCC(=O)/C=C(C)/C=C/CC(C)CCCC(C)(C)O. The van der Waals surface area contributed by atoms with E-state index in [1.165, 1.54) is 0 Å². The summed E-state index contributed by atoms with van der Waals surface area (Å²) >= 11 is 0. The second-order valence-corrected chi connectivity index (χ2v) is 6.16. The highest BCUT2D eigenvalue weighted by Crippen LogP contribution is 2.18. The fourth-order valence-corrected chi connectivity index (χ4v) is 1.89. The van der Waals surface area contributed by atoms with E-state index < -0.39 is 5.60 Å². The predicted molar refractivity (Wildman–Crippen MR) is 82.1 cm³/mol. The highest BCUT2D eigenvalue weighted by Gasteiger charge is 2.12. The molecule has 0 aromatic carbocycles. The molecule has 110 valence electrons. The molecule has 0 aliphatic rings. The summed E-state index contributed by atoms with van der Waals surface area (Å²) < 4.78 is 0. The number of rotatable bonds is 9. The fraction of sp³-hybridized carbons (Fsp3) is 0.706. The molecular formula is C17H30O2. The van der Waals surface area contributed by atoms with Crippen LogP contribution in [0.2, 0.25) is 0 Å². The van der Waals surface area contributed by atoms with E-state index in [-0.39, 0.29) is 5.78 Å². The first-order chi connectivity index (χ1) is 8.74. The quantitative estimate of drug-likeness (QED) is 0.495. The summed E-state index contributed by atoms with van der Waals surface area (Å²) in [5.41, 5.74) is 0.477. The summed E-state index contributed by atoms with van der Waals surface area (Å²) in [4.78, 5) is 11.2. The van der Waals surface area contributed by atoms with Crippen molar-refractivity contribution in [2.75, 3.05) is 0 Å². The van der Waals surface area contributed by atoms with Gasteiger partial charge in [0.25, 0.3) is 0 Å². The third-order valence-electron chi connectivity index (χ3n) is 3.14. The van der Waals surface area contributed by atoms with Crippen LogP contribution in [0.1, 0.15) is 66.7 Å². The van der Waals surface area contributed by atoms with Gasteiger partial charge in [-0.2, -0.15) is 0 Å². The minimum absolute atomic E-state index is 0.181. The molecule has 0 saturated carbocycles. The molecule has 0 spiro atoms. The van der Waals surface area contributed by atoms with Gasteiger partial charge < -0.3 is 5.11 Å². The Morgan fingerprint density at radius 2 is 2.00 bits per heavy atom. The Kier molecular flexibility index (Phi) is 8.66. The molecule has 0 aromatic heterocycles. The molecule has 0 heterocycles. The van der Waals surface area contributed by atoms with E-state index in [0.29, 0.717) is 12.3 Å². The largest absolute Gasteiger partial charge is 0.390 e. The van der Waals surface area contributed by atoms with Crippen LogP contribution in [0.3, 0.4) is 0 Å². The molecule has 1 N–H and O–H groups in total. The molecule has 19 heavy (non-hydrogen) atoms. The van der Waals surface area contributed by atoms with Crippen molar-refractivity contribution in [2.45, 2.75) is 72.3 Å². The van der Waals surface area contributed by atoms with Crippen LogP contribution in [0.15, 0.2) is 23.8 Å². The summed E-state index contributed by atoms with van der Waals surface area (Å²) in [5.74, 6) is 0.800. The Bertz CT molecular complexity index is 319. The van der Waals surface area contributed by atoms with Crippen LogP contribution in [0, 0.1) is 5.92 Å². The molecule has 0 aliphatic heterocycles. The first-order valence-electron chi connectivity index (χ1n) is 7.34. The number of aliphatic hydroxyl groups is 1. The maximum absolute atomic E-state index is 11.2. The number of carbonyl (C=O) groups is 1. The van der Waals surface area contributed by atoms with Crippen molar-refractivity contribution in [3.8, 4) is 0 Å². The zero-order valence-electron chi connectivity index (χ0n) is 13.2. The maximum Gasteiger partial charge on any atom is 0.155 e. The molecule has 2 nitrogen and oxygen atoms in total. The van der Waals surface area contributed by atoms with E-state index in [4.69, 9.17) is 0 Å². The van der Waals surface area contributed by atoms with E-state index >= 15 is 0 Å². The number of ketones is 1. The van der Waals surface area contributed by atoms with E-state index in [2.05, 4.69) is 13.0 Å². The molecule has 0 amide bonds.